The number of benzene rings is 2. The zero-order valence-corrected chi connectivity index (χ0v) is 13.2. The molecule has 0 fully saturated rings. The van der Waals surface area contributed by atoms with Gasteiger partial charge in [-0.2, -0.15) is 8.42 Å². The fraction of sp³-hybridized carbons (Fsp3) is 0.0667. The van der Waals surface area contributed by atoms with Crippen molar-refractivity contribution in [3.63, 3.8) is 0 Å². The Kier molecular flexibility index (Phi) is 4.30. The summed E-state index contributed by atoms with van der Waals surface area (Å²) < 4.78 is 30.1. The van der Waals surface area contributed by atoms with Gasteiger partial charge in [-0.05, 0) is 25.1 Å². The SMILES string of the molecule is C=C(OS(=O)(=O)c1ccc(C)cc1)c1ccccc1Br. The topological polar surface area (TPSA) is 43.4 Å². The summed E-state index contributed by atoms with van der Waals surface area (Å²) in [5.74, 6) is 0.0815. The average Bonchev–Trinajstić information content (AvgIpc) is 2.39. The highest BCUT2D eigenvalue weighted by atomic mass is 79.9. The maximum absolute atomic E-state index is 12.1. The minimum atomic E-state index is -3.86. The molecular weight excluding hydrogens is 340 g/mol. The third kappa shape index (κ3) is 3.29. The van der Waals surface area contributed by atoms with Gasteiger partial charge in [0.15, 0.2) is 0 Å². The van der Waals surface area contributed by atoms with Crippen LogP contribution in [0.25, 0.3) is 5.76 Å². The third-order valence-corrected chi connectivity index (χ3v) is 4.66. The van der Waals surface area contributed by atoms with Gasteiger partial charge in [0.05, 0.1) is 0 Å². The molecule has 0 saturated carbocycles. The van der Waals surface area contributed by atoms with Crippen molar-refractivity contribution in [3.05, 3.63) is 70.7 Å². The molecule has 0 atom stereocenters. The summed E-state index contributed by atoms with van der Waals surface area (Å²) >= 11 is 3.33. The van der Waals surface area contributed by atoms with Crippen molar-refractivity contribution in [2.45, 2.75) is 11.8 Å². The quantitative estimate of drug-likeness (QED) is 0.613. The molecule has 104 valence electrons. The van der Waals surface area contributed by atoms with Gasteiger partial charge in [0.1, 0.15) is 10.7 Å². The highest BCUT2D eigenvalue weighted by molar-refractivity contribution is 9.10. The Balaban J connectivity index is 2.27. The van der Waals surface area contributed by atoms with Crippen LogP contribution in [-0.2, 0) is 14.3 Å². The smallest absolute Gasteiger partial charge is 0.339 e. The number of halogens is 1. The van der Waals surface area contributed by atoms with Gasteiger partial charge in [-0.15, -0.1) is 0 Å². The Morgan fingerprint density at radius 2 is 1.70 bits per heavy atom. The first-order valence-electron chi connectivity index (χ1n) is 5.85. The van der Waals surface area contributed by atoms with Crippen LogP contribution < -0.4 is 0 Å². The molecule has 0 heterocycles. The van der Waals surface area contributed by atoms with E-state index in [4.69, 9.17) is 4.18 Å². The second-order valence-corrected chi connectivity index (χ2v) is 6.65. The molecular formula is C15H13BrO3S. The molecule has 0 aromatic heterocycles. The highest BCUT2D eigenvalue weighted by Gasteiger charge is 2.18. The average molecular weight is 353 g/mol. The predicted molar refractivity (Wildman–Crippen MR) is 82.6 cm³/mol. The molecule has 0 unspecified atom stereocenters. The van der Waals surface area contributed by atoms with Crippen molar-refractivity contribution < 1.29 is 12.6 Å². The molecule has 0 N–H and O–H groups in total. The molecule has 0 radical (unpaired) electrons. The summed E-state index contributed by atoms with van der Waals surface area (Å²) in [4.78, 5) is 0.108. The van der Waals surface area contributed by atoms with Gasteiger partial charge in [-0.25, -0.2) is 0 Å². The molecule has 5 heteroatoms. The molecule has 0 aliphatic heterocycles. The van der Waals surface area contributed by atoms with Gasteiger partial charge in [-0.1, -0.05) is 58.4 Å². The lowest BCUT2D eigenvalue weighted by atomic mass is 10.2. The largest absolute Gasteiger partial charge is 0.379 e. The van der Waals surface area contributed by atoms with E-state index in [0.717, 1.165) is 10.0 Å². The fourth-order valence-corrected chi connectivity index (χ4v) is 3.04. The Bertz CT molecular complexity index is 734. The lowest BCUT2D eigenvalue weighted by molar-refractivity contribution is 0.464. The molecule has 0 spiro atoms. The van der Waals surface area contributed by atoms with Crippen LogP contribution in [0.5, 0.6) is 0 Å². The van der Waals surface area contributed by atoms with Crippen molar-refractivity contribution in [2.75, 3.05) is 0 Å². The van der Waals surface area contributed by atoms with Gasteiger partial charge in [-0.3, -0.25) is 0 Å². The fourth-order valence-electron chi connectivity index (χ4n) is 1.62. The normalized spacial score (nSPS) is 11.1. The summed E-state index contributed by atoms with van der Waals surface area (Å²) in [6.07, 6.45) is 0. The predicted octanol–water partition coefficient (Wildman–Crippen LogP) is 4.13. The van der Waals surface area contributed by atoms with Gasteiger partial charge in [0.2, 0.25) is 0 Å². The van der Waals surface area contributed by atoms with Crippen LogP contribution in [0.1, 0.15) is 11.1 Å². The molecule has 0 bridgehead atoms. The first-order valence-corrected chi connectivity index (χ1v) is 8.05. The molecule has 0 amide bonds. The van der Waals surface area contributed by atoms with Crippen molar-refractivity contribution in [1.82, 2.24) is 0 Å². The standard InChI is InChI=1S/C15H13BrO3S/c1-11-7-9-13(10-8-11)20(17,18)19-12(2)14-5-3-4-6-15(14)16/h3-10H,2H2,1H3. The van der Waals surface area contributed by atoms with Crippen molar-refractivity contribution in [1.29, 1.82) is 0 Å². The van der Waals surface area contributed by atoms with Crippen LogP contribution in [0.3, 0.4) is 0 Å². The Morgan fingerprint density at radius 3 is 2.30 bits per heavy atom. The molecule has 0 aliphatic carbocycles. The van der Waals surface area contributed by atoms with E-state index in [1.807, 2.05) is 13.0 Å². The molecule has 2 aromatic carbocycles. The maximum atomic E-state index is 12.1. The molecule has 2 aromatic rings. The number of hydrogen-bond donors (Lipinski definition) is 0. The monoisotopic (exact) mass is 352 g/mol. The summed E-state index contributed by atoms with van der Waals surface area (Å²) in [7, 11) is -3.86. The number of rotatable bonds is 4. The number of hydrogen-bond acceptors (Lipinski definition) is 3. The second-order valence-electron chi connectivity index (χ2n) is 4.25. The molecule has 2 rings (SSSR count). The summed E-state index contributed by atoms with van der Waals surface area (Å²) in [5.41, 5.74) is 1.58. The van der Waals surface area contributed by atoms with Crippen molar-refractivity contribution in [2.24, 2.45) is 0 Å². The van der Waals surface area contributed by atoms with E-state index in [9.17, 15) is 8.42 Å². The van der Waals surface area contributed by atoms with Gasteiger partial charge in [0.25, 0.3) is 0 Å². The first kappa shape index (κ1) is 14.8. The Labute approximate surface area is 127 Å². The first-order chi connectivity index (χ1) is 9.40. The summed E-state index contributed by atoms with van der Waals surface area (Å²) in [5, 5.41) is 0. The third-order valence-electron chi connectivity index (χ3n) is 2.69. The van der Waals surface area contributed by atoms with Crippen LogP contribution in [0.4, 0.5) is 0 Å². The van der Waals surface area contributed by atoms with Gasteiger partial charge in [0, 0.05) is 10.0 Å². The zero-order chi connectivity index (χ0) is 14.8. The summed E-state index contributed by atoms with van der Waals surface area (Å²) in [6.45, 7) is 5.57. The van der Waals surface area contributed by atoms with E-state index < -0.39 is 10.1 Å². The second kappa shape index (κ2) is 5.81. The van der Waals surface area contributed by atoms with Gasteiger partial charge >= 0.3 is 10.1 Å². The lowest BCUT2D eigenvalue weighted by Gasteiger charge is -2.11. The van der Waals surface area contributed by atoms with Crippen LogP contribution >= 0.6 is 15.9 Å². The van der Waals surface area contributed by atoms with E-state index in [2.05, 4.69) is 22.5 Å². The minimum absolute atomic E-state index is 0.0815. The van der Waals surface area contributed by atoms with E-state index >= 15 is 0 Å². The van der Waals surface area contributed by atoms with E-state index in [1.54, 1.807) is 30.3 Å². The maximum Gasteiger partial charge on any atom is 0.339 e. The van der Waals surface area contributed by atoms with Gasteiger partial charge < -0.3 is 4.18 Å². The van der Waals surface area contributed by atoms with Crippen LogP contribution in [-0.4, -0.2) is 8.42 Å². The number of aryl methyl sites for hydroxylation is 1. The van der Waals surface area contributed by atoms with Crippen LogP contribution in [0.15, 0.2) is 64.5 Å². The van der Waals surface area contributed by atoms with Crippen molar-refractivity contribution in [3.8, 4) is 0 Å². The van der Waals surface area contributed by atoms with E-state index in [-0.39, 0.29) is 10.7 Å². The van der Waals surface area contributed by atoms with Crippen LogP contribution in [0.2, 0.25) is 0 Å². The lowest BCUT2D eigenvalue weighted by Crippen LogP contribution is -2.05. The summed E-state index contributed by atoms with van der Waals surface area (Å²) in [6, 6.07) is 13.6. The van der Waals surface area contributed by atoms with Crippen LogP contribution in [0, 0.1) is 6.92 Å². The molecule has 0 aliphatic rings. The minimum Gasteiger partial charge on any atom is -0.379 e. The van der Waals surface area contributed by atoms with E-state index in [1.165, 1.54) is 12.1 Å². The zero-order valence-electron chi connectivity index (χ0n) is 10.8. The highest BCUT2D eigenvalue weighted by Crippen LogP contribution is 2.27. The molecule has 3 nitrogen and oxygen atoms in total. The van der Waals surface area contributed by atoms with E-state index in [0.29, 0.717) is 5.56 Å². The molecule has 0 saturated heterocycles. The Morgan fingerprint density at radius 1 is 1.10 bits per heavy atom. The molecule has 20 heavy (non-hydrogen) atoms. The van der Waals surface area contributed by atoms with Crippen molar-refractivity contribution >= 4 is 31.8 Å². The Hall–Kier alpha value is -1.59.